The van der Waals surface area contributed by atoms with Crippen LogP contribution in [-0.2, 0) is 10.3 Å². The highest BCUT2D eigenvalue weighted by Crippen LogP contribution is 2.41. The maximum atomic E-state index is 11.9. The number of benzene rings is 1. The molecule has 1 aromatic carbocycles. The van der Waals surface area contributed by atoms with Crippen molar-refractivity contribution in [3.63, 3.8) is 0 Å². The van der Waals surface area contributed by atoms with Crippen LogP contribution in [0, 0.1) is 5.92 Å². The first-order valence-electron chi connectivity index (χ1n) is 6.79. The summed E-state index contributed by atoms with van der Waals surface area (Å²) in [7, 11) is 0. The first-order valence-corrected chi connectivity index (χ1v) is 6.79. The number of hydrogen-bond donors (Lipinski definition) is 0. The van der Waals surface area contributed by atoms with Crippen molar-refractivity contribution in [1.29, 1.82) is 0 Å². The molecule has 0 N–H and O–H groups in total. The van der Waals surface area contributed by atoms with Crippen LogP contribution >= 0.6 is 0 Å². The molecule has 1 aliphatic rings. The van der Waals surface area contributed by atoms with Crippen LogP contribution in [0.3, 0.4) is 0 Å². The maximum absolute atomic E-state index is 11.9. The average Bonchev–Trinajstić information content (AvgIpc) is 2.63. The van der Waals surface area contributed by atoms with E-state index in [0.717, 1.165) is 11.4 Å². The van der Waals surface area contributed by atoms with Crippen LogP contribution in [0.2, 0.25) is 0 Å². The zero-order valence-corrected chi connectivity index (χ0v) is 12.3. The van der Waals surface area contributed by atoms with Crippen molar-refractivity contribution in [1.82, 2.24) is 4.90 Å². The van der Waals surface area contributed by atoms with Gasteiger partial charge in [-0.05, 0) is 25.3 Å². The van der Waals surface area contributed by atoms with Gasteiger partial charge < -0.3 is 0 Å². The Morgan fingerprint density at radius 1 is 1.32 bits per heavy atom. The van der Waals surface area contributed by atoms with E-state index < -0.39 is 0 Å². The van der Waals surface area contributed by atoms with Gasteiger partial charge in [0.15, 0.2) is 0 Å². The zero-order chi connectivity index (χ0) is 14.2. The number of carbonyl (C=O) groups excluding carboxylic acids is 1. The van der Waals surface area contributed by atoms with Crippen LogP contribution in [0.25, 0.3) is 0 Å². The Bertz CT molecular complexity index is 507. The third kappa shape index (κ3) is 2.18. The highest BCUT2D eigenvalue weighted by molar-refractivity contribution is 5.98. The number of amides is 1. The molecule has 0 aliphatic carbocycles. The summed E-state index contributed by atoms with van der Waals surface area (Å²) in [4.78, 5) is 18.6. The molecule has 102 valence electrons. The molecule has 3 heteroatoms. The van der Waals surface area contributed by atoms with Crippen LogP contribution in [0.4, 0.5) is 0 Å². The van der Waals surface area contributed by atoms with E-state index in [1.54, 1.807) is 6.92 Å². The summed E-state index contributed by atoms with van der Waals surface area (Å²) in [6.45, 7) is 9.96. The average molecular weight is 258 g/mol. The van der Waals surface area contributed by atoms with Gasteiger partial charge in [-0.25, -0.2) is 0 Å². The normalized spacial score (nSPS) is 26.7. The fourth-order valence-electron chi connectivity index (χ4n) is 3.29. The van der Waals surface area contributed by atoms with Crippen LogP contribution in [0.15, 0.2) is 35.3 Å². The Labute approximate surface area is 115 Å². The molecular weight excluding hydrogens is 236 g/mol. The van der Waals surface area contributed by atoms with E-state index in [2.05, 4.69) is 32.9 Å². The molecule has 2 atom stereocenters. The lowest BCUT2D eigenvalue weighted by Gasteiger charge is -2.37. The Morgan fingerprint density at radius 2 is 1.89 bits per heavy atom. The number of amidine groups is 1. The van der Waals surface area contributed by atoms with Crippen molar-refractivity contribution in [2.75, 3.05) is 0 Å². The fraction of sp³-hybridized carbons (Fsp3) is 0.500. The van der Waals surface area contributed by atoms with Crippen molar-refractivity contribution in [2.24, 2.45) is 10.9 Å². The predicted molar refractivity (Wildman–Crippen MR) is 78.0 cm³/mol. The Morgan fingerprint density at radius 3 is 2.37 bits per heavy atom. The Hall–Kier alpha value is -1.64. The molecule has 1 amide bonds. The molecule has 0 radical (unpaired) electrons. The second kappa shape index (κ2) is 4.80. The van der Waals surface area contributed by atoms with E-state index in [1.165, 1.54) is 0 Å². The highest BCUT2D eigenvalue weighted by Gasteiger charge is 2.48. The molecule has 0 saturated heterocycles. The molecule has 3 nitrogen and oxygen atoms in total. The third-order valence-corrected chi connectivity index (χ3v) is 3.93. The molecule has 19 heavy (non-hydrogen) atoms. The molecule has 1 aromatic rings. The second-order valence-corrected chi connectivity index (χ2v) is 5.75. The van der Waals surface area contributed by atoms with Gasteiger partial charge in [0.1, 0.15) is 11.4 Å². The van der Waals surface area contributed by atoms with Crippen LogP contribution in [-0.4, -0.2) is 22.7 Å². The van der Waals surface area contributed by atoms with Gasteiger partial charge in [0.2, 0.25) is 5.91 Å². The van der Waals surface area contributed by atoms with E-state index in [-0.39, 0.29) is 17.5 Å². The lowest BCUT2D eigenvalue weighted by atomic mass is 9.80. The summed E-state index contributed by atoms with van der Waals surface area (Å²) in [6, 6.07) is 10.3. The molecule has 0 aromatic heterocycles. The summed E-state index contributed by atoms with van der Waals surface area (Å²) in [6.07, 6.45) is 0. The van der Waals surface area contributed by atoms with E-state index in [4.69, 9.17) is 4.99 Å². The quantitative estimate of drug-likeness (QED) is 0.801. The van der Waals surface area contributed by atoms with E-state index in [0.29, 0.717) is 5.92 Å². The summed E-state index contributed by atoms with van der Waals surface area (Å²) >= 11 is 0. The van der Waals surface area contributed by atoms with Crippen molar-refractivity contribution in [2.45, 2.75) is 46.2 Å². The van der Waals surface area contributed by atoms with Gasteiger partial charge >= 0.3 is 0 Å². The first kappa shape index (κ1) is 13.8. The monoisotopic (exact) mass is 258 g/mol. The minimum Gasteiger partial charge on any atom is -0.295 e. The van der Waals surface area contributed by atoms with Gasteiger partial charge in [-0.1, -0.05) is 44.2 Å². The maximum Gasteiger partial charge on any atom is 0.225 e. The van der Waals surface area contributed by atoms with Crippen molar-refractivity contribution >= 4 is 11.7 Å². The molecule has 0 unspecified atom stereocenters. The largest absolute Gasteiger partial charge is 0.295 e. The molecule has 0 fully saturated rings. The van der Waals surface area contributed by atoms with Crippen molar-refractivity contribution in [3.05, 3.63) is 35.9 Å². The molecule has 0 saturated carbocycles. The van der Waals surface area contributed by atoms with Crippen LogP contribution in [0.1, 0.15) is 40.2 Å². The summed E-state index contributed by atoms with van der Waals surface area (Å²) in [5, 5.41) is 0. The highest BCUT2D eigenvalue weighted by atomic mass is 16.2. The van der Waals surface area contributed by atoms with Gasteiger partial charge in [-0.3, -0.25) is 14.7 Å². The van der Waals surface area contributed by atoms with Gasteiger partial charge in [0.25, 0.3) is 0 Å². The molecule has 0 spiro atoms. The minimum atomic E-state index is -0.356. The molecule has 1 heterocycles. The summed E-state index contributed by atoms with van der Waals surface area (Å²) < 4.78 is 0. The van der Waals surface area contributed by atoms with E-state index >= 15 is 0 Å². The topological polar surface area (TPSA) is 32.7 Å². The molecule has 0 bridgehead atoms. The Balaban J connectivity index is 2.53. The van der Waals surface area contributed by atoms with Gasteiger partial charge in [0.05, 0.1) is 6.04 Å². The SMILES string of the molecule is CC(=O)N1C(C)=N[C@](C)(c2ccccc2)[C@H]1C(C)C. The van der Waals surface area contributed by atoms with E-state index in [1.807, 2.05) is 30.0 Å². The third-order valence-electron chi connectivity index (χ3n) is 3.93. The fourth-order valence-corrected chi connectivity index (χ4v) is 3.29. The number of nitrogens with zero attached hydrogens (tertiary/aromatic N) is 2. The minimum absolute atomic E-state index is 0.0691. The predicted octanol–water partition coefficient (Wildman–Crippen LogP) is 3.21. The number of aliphatic imine (C=N–C) groups is 1. The molecule has 2 rings (SSSR count). The van der Waals surface area contributed by atoms with Crippen LogP contribution in [0.5, 0.6) is 0 Å². The van der Waals surface area contributed by atoms with Crippen molar-refractivity contribution in [3.8, 4) is 0 Å². The number of hydrogen-bond acceptors (Lipinski definition) is 2. The number of carbonyl (C=O) groups is 1. The zero-order valence-electron chi connectivity index (χ0n) is 12.3. The lowest BCUT2D eigenvalue weighted by Crippen LogP contribution is -2.49. The summed E-state index contributed by atoms with van der Waals surface area (Å²) in [5.41, 5.74) is 0.808. The second-order valence-electron chi connectivity index (χ2n) is 5.75. The van der Waals surface area contributed by atoms with Gasteiger partial charge in [-0.2, -0.15) is 0 Å². The standard InChI is InChI=1S/C16H22N2O/c1-11(2)15-16(5,14-9-7-6-8-10-14)17-12(3)18(15)13(4)19/h6-11,15H,1-5H3/t15-,16-/m1/s1. The lowest BCUT2D eigenvalue weighted by molar-refractivity contribution is -0.127. The molecule has 1 aliphatic heterocycles. The molecular formula is C16H22N2O. The van der Waals surface area contributed by atoms with Crippen LogP contribution < -0.4 is 0 Å². The number of rotatable bonds is 2. The van der Waals surface area contributed by atoms with Gasteiger partial charge in [0, 0.05) is 6.92 Å². The van der Waals surface area contributed by atoms with Gasteiger partial charge in [-0.15, -0.1) is 0 Å². The smallest absolute Gasteiger partial charge is 0.225 e. The van der Waals surface area contributed by atoms with Crippen molar-refractivity contribution < 1.29 is 4.79 Å². The first-order chi connectivity index (χ1) is 8.88. The van der Waals surface area contributed by atoms with E-state index in [9.17, 15) is 4.79 Å². The Kier molecular flexibility index (Phi) is 3.48. The summed E-state index contributed by atoms with van der Waals surface area (Å²) in [5.74, 6) is 1.23.